The predicted molar refractivity (Wildman–Crippen MR) is 189 cm³/mol. The van der Waals surface area contributed by atoms with E-state index >= 15 is 0 Å². The monoisotopic (exact) mass is 687 g/mol. The van der Waals surface area contributed by atoms with Crippen molar-refractivity contribution in [1.82, 2.24) is 19.4 Å². The molecule has 0 aliphatic carbocycles. The van der Waals surface area contributed by atoms with Crippen LogP contribution in [0.3, 0.4) is 0 Å². The lowest BCUT2D eigenvalue weighted by Gasteiger charge is -2.27. The number of hydrogen-bond donors (Lipinski definition) is 1. The molecule has 3 aromatic carbocycles. The largest absolute Gasteiger partial charge is 0.493 e. The van der Waals surface area contributed by atoms with Crippen LogP contribution in [0.25, 0.3) is 27.1 Å². The molecule has 1 saturated heterocycles. The molecule has 1 fully saturated rings. The molecule has 0 radical (unpaired) electrons. The molecule has 1 N–H and O–H groups in total. The van der Waals surface area contributed by atoms with Gasteiger partial charge in [-0.25, -0.2) is 19.6 Å². The first-order valence-corrected chi connectivity index (χ1v) is 16.8. The van der Waals surface area contributed by atoms with Crippen LogP contribution in [-0.4, -0.2) is 76.4 Å². The van der Waals surface area contributed by atoms with Crippen LogP contribution in [-0.2, 0) is 35.5 Å². The SMILES string of the molecule is [C-]#[N+]c1ccc2c(c1)CCCOc1cc(ccc1Cc1nc3c(OCC(=O)N(C)C)cc(C(=O)O)cc3n1C[C@@H]1CCO1)-c1cccc(n1)OC2. The Labute approximate surface area is 295 Å². The lowest BCUT2D eigenvalue weighted by molar-refractivity contribution is -0.130. The van der Waals surface area contributed by atoms with Crippen molar-refractivity contribution in [2.24, 2.45) is 0 Å². The van der Waals surface area contributed by atoms with Gasteiger partial charge in [0.15, 0.2) is 12.3 Å². The molecule has 5 aromatic rings. The summed E-state index contributed by atoms with van der Waals surface area (Å²) in [5.74, 6) is 0.684. The summed E-state index contributed by atoms with van der Waals surface area (Å²) in [7, 11) is 3.26. The topological polar surface area (TPSA) is 130 Å². The van der Waals surface area contributed by atoms with E-state index in [2.05, 4.69) is 4.85 Å². The Morgan fingerprint density at radius 1 is 1.04 bits per heavy atom. The number of rotatable bonds is 8. The number of aryl methyl sites for hydroxylation is 1. The molecule has 2 aliphatic heterocycles. The van der Waals surface area contributed by atoms with Gasteiger partial charge < -0.3 is 33.5 Å². The second kappa shape index (κ2) is 14.5. The Balaban J connectivity index is 1.27. The summed E-state index contributed by atoms with van der Waals surface area (Å²) in [4.78, 5) is 39.4. The van der Waals surface area contributed by atoms with E-state index in [-0.39, 0.29) is 29.9 Å². The third kappa shape index (κ3) is 7.34. The van der Waals surface area contributed by atoms with Crippen molar-refractivity contribution in [3.63, 3.8) is 0 Å². The summed E-state index contributed by atoms with van der Waals surface area (Å²) in [5.41, 5.74) is 6.16. The van der Waals surface area contributed by atoms with Gasteiger partial charge in [-0.05, 0) is 49.1 Å². The van der Waals surface area contributed by atoms with E-state index in [1.807, 2.05) is 53.1 Å². The Bertz CT molecular complexity index is 2170. The molecule has 4 heterocycles. The van der Waals surface area contributed by atoms with E-state index in [9.17, 15) is 14.7 Å². The maximum atomic E-state index is 12.4. The number of benzene rings is 3. The highest BCUT2D eigenvalue weighted by Gasteiger charge is 2.25. The Morgan fingerprint density at radius 3 is 2.67 bits per heavy atom. The molecule has 2 aromatic heterocycles. The van der Waals surface area contributed by atoms with Crippen LogP contribution in [0.5, 0.6) is 17.4 Å². The normalized spacial score (nSPS) is 15.3. The number of pyridine rings is 1. The van der Waals surface area contributed by atoms with Crippen molar-refractivity contribution in [2.75, 3.05) is 33.9 Å². The van der Waals surface area contributed by atoms with Gasteiger partial charge >= 0.3 is 5.97 Å². The standard InChI is InChI=1S/C39H37N5O7/c1-40-29-12-11-27-22-51-36-8-4-7-31(41-36)25-9-10-26(33(18-25)49-14-5-6-24(27)16-29)20-35-42-38-32(44(35)21-30-13-15-48-30)17-28(39(46)47)19-34(38)50-23-37(45)43(2)3/h4,7-12,16-19,30H,5-6,13-15,20-23H2,2-3H3,(H,46,47)/t30-/m0/s1. The molecule has 0 spiro atoms. The fourth-order valence-electron chi connectivity index (χ4n) is 6.19. The number of fused-ring (bicyclic) bond motifs is 7. The van der Waals surface area contributed by atoms with Gasteiger partial charge in [-0.15, -0.1) is 0 Å². The third-order valence-electron chi connectivity index (χ3n) is 9.15. The van der Waals surface area contributed by atoms with Crippen molar-refractivity contribution >= 4 is 28.6 Å². The van der Waals surface area contributed by atoms with Crippen molar-refractivity contribution in [3.8, 4) is 28.6 Å². The second-order valence-electron chi connectivity index (χ2n) is 12.8. The molecular formula is C39H37N5O7. The van der Waals surface area contributed by atoms with Crippen LogP contribution in [0.4, 0.5) is 5.69 Å². The minimum Gasteiger partial charge on any atom is -0.493 e. The molecule has 0 unspecified atom stereocenters. The summed E-state index contributed by atoms with van der Waals surface area (Å²) < 4.78 is 26.3. The van der Waals surface area contributed by atoms with Gasteiger partial charge in [-0.1, -0.05) is 42.0 Å². The number of aromatic carboxylic acids is 1. The highest BCUT2D eigenvalue weighted by Crippen LogP contribution is 2.34. The summed E-state index contributed by atoms with van der Waals surface area (Å²) in [6, 6.07) is 20.3. The molecule has 12 heteroatoms. The summed E-state index contributed by atoms with van der Waals surface area (Å²) in [6.07, 6.45) is 2.61. The molecule has 2 aliphatic rings. The maximum Gasteiger partial charge on any atom is 0.335 e. The number of carboxylic acids is 1. The van der Waals surface area contributed by atoms with Gasteiger partial charge in [-0.2, -0.15) is 0 Å². The molecule has 7 rings (SSSR count). The van der Waals surface area contributed by atoms with Crippen molar-refractivity contribution in [3.05, 3.63) is 106 Å². The Morgan fingerprint density at radius 2 is 1.90 bits per heavy atom. The van der Waals surface area contributed by atoms with E-state index in [0.29, 0.717) is 79.8 Å². The molecular weight excluding hydrogens is 650 g/mol. The number of ether oxygens (including phenoxy) is 4. The van der Waals surface area contributed by atoms with Gasteiger partial charge in [-0.3, -0.25) is 4.79 Å². The summed E-state index contributed by atoms with van der Waals surface area (Å²) in [6.45, 7) is 9.13. The van der Waals surface area contributed by atoms with Crippen LogP contribution in [0, 0.1) is 6.57 Å². The molecule has 0 saturated carbocycles. The number of carboxylic acid groups (broad SMARTS) is 1. The van der Waals surface area contributed by atoms with Crippen LogP contribution in [0.2, 0.25) is 0 Å². The highest BCUT2D eigenvalue weighted by molar-refractivity contribution is 5.95. The zero-order valence-corrected chi connectivity index (χ0v) is 28.4. The number of aromatic nitrogens is 3. The quantitative estimate of drug-likeness (QED) is 0.193. The first-order chi connectivity index (χ1) is 24.7. The summed E-state index contributed by atoms with van der Waals surface area (Å²) in [5, 5.41) is 9.97. The number of carbonyl (C=O) groups is 2. The van der Waals surface area contributed by atoms with Crippen molar-refractivity contribution in [2.45, 2.75) is 44.9 Å². The lowest BCUT2D eigenvalue weighted by Crippen LogP contribution is -2.31. The van der Waals surface area contributed by atoms with Crippen molar-refractivity contribution in [1.29, 1.82) is 0 Å². The first-order valence-electron chi connectivity index (χ1n) is 16.8. The molecule has 1 atom stereocenters. The van der Waals surface area contributed by atoms with Crippen LogP contribution >= 0.6 is 0 Å². The minimum atomic E-state index is -1.11. The zero-order valence-electron chi connectivity index (χ0n) is 28.4. The van der Waals surface area contributed by atoms with Gasteiger partial charge in [0.05, 0.1) is 42.6 Å². The van der Waals surface area contributed by atoms with Crippen molar-refractivity contribution < 1.29 is 33.6 Å². The van der Waals surface area contributed by atoms with Gasteiger partial charge in [0.2, 0.25) is 5.88 Å². The van der Waals surface area contributed by atoms with E-state index in [0.717, 1.165) is 34.4 Å². The van der Waals surface area contributed by atoms with Gasteiger partial charge in [0.1, 0.15) is 29.4 Å². The number of nitrogens with zero attached hydrogens (tertiary/aromatic N) is 5. The number of imidazole rings is 1. The maximum absolute atomic E-state index is 12.4. The number of amides is 1. The van der Waals surface area contributed by atoms with E-state index in [1.165, 1.54) is 11.0 Å². The zero-order chi connectivity index (χ0) is 35.5. The number of hydrogen-bond acceptors (Lipinski definition) is 8. The molecule has 51 heavy (non-hydrogen) atoms. The number of likely N-dealkylation sites (N-methyl/N-ethyl adjacent to an activating group) is 1. The van der Waals surface area contributed by atoms with E-state index in [4.69, 9.17) is 35.5 Å². The average Bonchev–Trinajstić information content (AvgIpc) is 3.46. The van der Waals surface area contributed by atoms with Crippen LogP contribution in [0.1, 0.15) is 45.7 Å². The molecule has 260 valence electrons. The lowest BCUT2D eigenvalue weighted by atomic mass is 10.0. The highest BCUT2D eigenvalue weighted by atomic mass is 16.5. The third-order valence-corrected chi connectivity index (χ3v) is 9.15. The van der Waals surface area contributed by atoms with Gasteiger partial charge in [0.25, 0.3) is 5.91 Å². The fraction of sp³-hybridized carbons (Fsp3) is 0.308. The Kier molecular flexibility index (Phi) is 9.55. The molecule has 1 amide bonds. The number of carbonyl (C=O) groups excluding carboxylic acids is 1. The second-order valence-corrected chi connectivity index (χ2v) is 12.8. The smallest absolute Gasteiger partial charge is 0.335 e. The van der Waals surface area contributed by atoms with E-state index in [1.54, 1.807) is 26.2 Å². The molecule has 12 nitrogen and oxygen atoms in total. The van der Waals surface area contributed by atoms with Gasteiger partial charge in [0, 0.05) is 44.3 Å². The van der Waals surface area contributed by atoms with Crippen LogP contribution < -0.4 is 14.2 Å². The summed E-state index contributed by atoms with van der Waals surface area (Å²) >= 11 is 0. The first kappa shape index (κ1) is 33.6. The minimum absolute atomic E-state index is 0.0300. The predicted octanol–water partition coefficient (Wildman–Crippen LogP) is 6.10. The molecule has 4 bridgehead atoms. The van der Waals surface area contributed by atoms with E-state index < -0.39 is 5.97 Å². The average molecular weight is 688 g/mol. The van der Waals surface area contributed by atoms with Crippen LogP contribution in [0.15, 0.2) is 66.7 Å². The fourth-order valence-corrected chi connectivity index (χ4v) is 6.19. The Hall–Kier alpha value is -5.93.